The zero-order valence-corrected chi connectivity index (χ0v) is 17.6. The summed E-state index contributed by atoms with van der Waals surface area (Å²) in [6.45, 7) is 0.355. The largest absolute Gasteiger partial charge is 0.478 e. The molecule has 1 atom stereocenters. The molecule has 2 aromatic carbocycles. The number of amides is 1. The third-order valence-electron chi connectivity index (χ3n) is 5.30. The van der Waals surface area contributed by atoms with E-state index in [0.717, 1.165) is 17.7 Å². The number of aromatic carboxylic acids is 1. The molecule has 2 N–H and O–H groups in total. The summed E-state index contributed by atoms with van der Waals surface area (Å²) in [4.78, 5) is 24.0. The van der Waals surface area contributed by atoms with Gasteiger partial charge in [-0.05, 0) is 54.2 Å². The Morgan fingerprint density at radius 2 is 1.78 bits per heavy atom. The summed E-state index contributed by atoms with van der Waals surface area (Å²) in [5, 5.41) is 12.1. The summed E-state index contributed by atoms with van der Waals surface area (Å²) in [6, 6.07) is 9.84. The molecule has 0 saturated heterocycles. The molecule has 2 aromatic rings. The van der Waals surface area contributed by atoms with Crippen molar-refractivity contribution >= 4 is 11.9 Å². The van der Waals surface area contributed by atoms with Gasteiger partial charge in [-0.2, -0.15) is 8.78 Å². The van der Waals surface area contributed by atoms with Crippen LogP contribution in [0.1, 0.15) is 48.2 Å². The number of nitrogens with one attached hydrogen (secondary N) is 1. The molecular weight excluding hydrogens is 427 g/mol. The molecule has 9 heteroatoms. The van der Waals surface area contributed by atoms with Crippen LogP contribution in [0.2, 0.25) is 0 Å². The van der Waals surface area contributed by atoms with E-state index in [9.17, 15) is 22.8 Å². The van der Waals surface area contributed by atoms with Crippen molar-refractivity contribution in [2.24, 2.45) is 5.92 Å². The van der Waals surface area contributed by atoms with Gasteiger partial charge >= 0.3 is 12.6 Å². The van der Waals surface area contributed by atoms with E-state index in [1.807, 2.05) is 13.8 Å². The van der Waals surface area contributed by atoms with Crippen molar-refractivity contribution in [1.29, 1.82) is 0 Å². The first-order chi connectivity index (χ1) is 15.1. The lowest BCUT2D eigenvalue weighted by atomic mass is 10.0. The summed E-state index contributed by atoms with van der Waals surface area (Å²) >= 11 is 0. The topological polar surface area (TPSA) is 84.9 Å². The monoisotopic (exact) mass is 451 g/mol. The van der Waals surface area contributed by atoms with E-state index in [4.69, 9.17) is 9.84 Å². The summed E-state index contributed by atoms with van der Waals surface area (Å²) in [6.07, 6.45) is 0.583. The van der Waals surface area contributed by atoms with Crippen molar-refractivity contribution < 1.29 is 37.3 Å². The zero-order valence-electron chi connectivity index (χ0n) is 17.6. The number of benzene rings is 2. The Hall–Kier alpha value is -3.07. The Balaban J connectivity index is 1.67. The van der Waals surface area contributed by atoms with Crippen molar-refractivity contribution in [2.75, 3.05) is 0 Å². The molecule has 172 valence electrons. The molecule has 6 nitrogen and oxygen atoms in total. The van der Waals surface area contributed by atoms with Crippen molar-refractivity contribution in [3.8, 4) is 5.75 Å². The molecule has 0 aliphatic heterocycles. The summed E-state index contributed by atoms with van der Waals surface area (Å²) in [7, 11) is 0. The van der Waals surface area contributed by atoms with Gasteiger partial charge in [-0.3, -0.25) is 4.79 Å². The van der Waals surface area contributed by atoms with Gasteiger partial charge in [-0.15, -0.1) is 0 Å². The highest BCUT2D eigenvalue weighted by molar-refractivity contribution is 5.87. The number of hydrogen-bond acceptors (Lipinski definition) is 4. The SMILES string of the molecule is CC(C)C(OCc1ccc(F)c(OC(F)F)c1)C(=O)NC1(c2ccc(C(=O)O)cc2)CC1. The molecule has 1 saturated carbocycles. The first kappa shape index (κ1) is 23.6. The van der Waals surface area contributed by atoms with Crippen LogP contribution >= 0.6 is 0 Å². The van der Waals surface area contributed by atoms with Gasteiger partial charge < -0.3 is 19.9 Å². The average Bonchev–Trinajstić information content (AvgIpc) is 3.50. The third-order valence-corrected chi connectivity index (χ3v) is 5.30. The van der Waals surface area contributed by atoms with Gasteiger partial charge in [0.2, 0.25) is 5.91 Å². The minimum atomic E-state index is -3.16. The standard InChI is InChI=1S/C23H24F3NO5/c1-13(2)19(31-12-14-3-8-17(24)18(11-14)32-22(25)26)20(28)27-23(9-10-23)16-6-4-15(5-7-16)21(29)30/h3-8,11,13,19,22H,9-10,12H2,1-2H3,(H,27,28)(H,29,30). The van der Waals surface area contributed by atoms with Crippen LogP contribution in [0.25, 0.3) is 0 Å². The van der Waals surface area contributed by atoms with E-state index < -0.39 is 35.8 Å². The van der Waals surface area contributed by atoms with E-state index in [2.05, 4.69) is 10.1 Å². The molecule has 0 heterocycles. The normalized spacial score (nSPS) is 15.5. The van der Waals surface area contributed by atoms with E-state index in [1.54, 1.807) is 12.1 Å². The highest BCUT2D eigenvalue weighted by Gasteiger charge is 2.46. The fraction of sp³-hybridized carbons (Fsp3) is 0.391. The maximum Gasteiger partial charge on any atom is 0.387 e. The minimum Gasteiger partial charge on any atom is -0.478 e. The van der Waals surface area contributed by atoms with Gasteiger partial charge in [-0.25, -0.2) is 9.18 Å². The van der Waals surface area contributed by atoms with Crippen LogP contribution in [0.5, 0.6) is 5.75 Å². The van der Waals surface area contributed by atoms with Gasteiger partial charge in [-0.1, -0.05) is 32.0 Å². The van der Waals surface area contributed by atoms with Crippen LogP contribution < -0.4 is 10.1 Å². The van der Waals surface area contributed by atoms with E-state index in [-0.39, 0.29) is 24.0 Å². The molecule has 1 amide bonds. The van der Waals surface area contributed by atoms with Gasteiger partial charge in [0.25, 0.3) is 0 Å². The van der Waals surface area contributed by atoms with E-state index >= 15 is 0 Å². The number of hydrogen-bond donors (Lipinski definition) is 2. The third kappa shape index (κ3) is 5.59. The van der Waals surface area contributed by atoms with Gasteiger partial charge in [0, 0.05) is 0 Å². The molecule has 0 spiro atoms. The number of carbonyl (C=O) groups excluding carboxylic acids is 1. The fourth-order valence-corrected chi connectivity index (χ4v) is 3.43. The zero-order chi connectivity index (χ0) is 23.5. The molecule has 3 rings (SSSR count). The predicted molar refractivity (Wildman–Crippen MR) is 109 cm³/mol. The molecule has 0 bridgehead atoms. The van der Waals surface area contributed by atoms with Crippen LogP contribution in [0.15, 0.2) is 42.5 Å². The number of carbonyl (C=O) groups is 2. The predicted octanol–water partition coefficient (Wildman–Crippen LogP) is 4.47. The second kappa shape index (κ2) is 9.60. The number of alkyl halides is 2. The molecular formula is C23H24F3NO5. The first-order valence-corrected chi connectivity index (χ1v) is 10.1. The highest BCUT2D eigenvalue weighted by atomic mass is 19.3. The average molecular weight is 451 g/mol. The maximum absolute atomic E-state index is 13.6. The lowest BCUT2D eigenvalue weighted by Crippen LogP contribution is -2.44. The van der Waals surface area contributed by atoms with Crippen LogP contribution in [0, 0.1) is 11.7 Å². The summed E-state index contributed by atoms with van der Waals surface area (Å²) in [5.74, 6) is -3.07. The van der Waals surface area contributed by atoms with Crippen molar-refractivity contribution in [2.45, 2.75) is 51.6 Å². The lowest BCUT2D eigenvalue weighted by molar-refractivity contribution is -0.137. The Kier molecular flexibility index (Phi) is 7.08. The second-order valence-electron chi connectivity index (χ2n) is 8.07. The molecule has 0 radical (unpaired) electrons. The smallest absolute Gasteiger partial charge is 0.387 e. The van der Waals surface area contributed by atoms with E-state index in [0.29, 0.717) is 18.4 Å². The number of halogens is 3. The second-order valence-corrected chi connectivity index (χ2v) is 8.07. The number of carboxylic acid groups (broad SMARTS) is 1. The molecule has 1 unspecified atom stereocenters. The first-order valence-electron chi connectivity index (χ1n) is 10.1. The highest BCUT2D eigenvalue weighted by Crippen LogP contribution is 2.45. The van der Waals surface area contributed by atoms with Gasteiger partial charge in [0.1, 0.15) is 6.10 Å². The summed E-state index contributed by atoms with van der Waals surface area (Å²) < 4.78 is 48.4. The van der Waals surface area contributed by atoms with Crippen molar-refractivity contribution in [3.05, 3.63) is 65.0 Å². The number of carboxylic acids is 1. The number of ether oxygens (including phenoxy) is 2. The Bertz CT molecular complexity index is 974. The Morgan fingerprint density at radius 3 is 2.31 bits per heavy atom. The van der Waals surface area contributed by atoms with Crippen LogP contribution in [-0.4, -0.2) is 29.7 Å². The van der Waals surface area contributed by atoms with Crippen molar-refractivity contribution in [1.82, 2.24) is 5.32 Å². The minimum absolute atomic E-state index is 0.101. The van der Waals surface area contributed by atoms with Crippen LogP contribution in [-0.2, 0) is 21.7 Å². The van der Waals surface area contributed by atoms with Crippen LogP contribution in [0.4, 0.5) is 13.2 Å². The molecule has 1 aliphatic carbocycles. The molecule has 32 heavy (non-hydrogen) atoms. The van der Waals surface area contributed by atoms with Crippen molar-refractivity contribution in [3.63, 3.8) is 0 Å². The summed E-state index contributed by atoms with van der Waals surface area (Å²) in [5.41, 5.74) is 0.781. The quantitative estimate of drug-likeness (QED) is 0.557. The fourth-order valence-electron chi connectivity index (χ4n) is 3.43. The lowest BCUT2D eigenvalue weighted by Gasteiger charge is -2.25. The molecule has 0 aromatic heterocycles. The molecule has 1 aliphatic rings. The Labute approximate surface area is 183 Å². The Morgan fingerprint density at radius 1 is 1.12 bits per heavy atom. The molecule has 1 fully saturated rings. The van der Waals surface area contributed by atoms with Gasteiger partial charge in [0.05, 0.1) is 17.7 Å². The van der Waals surface area contributed by atoms with Gasteiger partial charge in [0.15, 0.2) is 11.6 Å². The van der Waals surface area contributed by atoms with Crippen LogP contribution in [0.3, 0.4) is 0 Å². The number of rotatable bonds is 10. The maximum atomic E-state index is 13.6. The van der Waals surface area contributed by atoms with E-state index in [1.165, 1.54) is 18.2 Å².